The van der Waals surface area contributed by atoms with Crippen LogP contribution < -0.4 is 0 Å². The fourth-order valence-electron chi connectivity index (χ4n) is 2.12. The van der Waals surface area contributed by atoms with Crippen molar-refractivity contribution in [2.75, 3.05) is 6.61 Å². The minimum absolute atomic E-state index is 0.184. The number of aliphatic hydroxyl groups excluding tert-OH is 1. The van der Waals surface area contributed by atoms with Gasteiger partial charge in [-0.1, -0.05) is 13.0 Å². The summed E-state index contributed by atoms with van der Waals surface area (Å²) < 4.78 is 15.9. The zero-order chi connectivity index (χ0) is 17.3. The van der Waals surface area contributed by atoms with Crippen LogP contribution in [0.3, 0.4) is 0 Å². The number of aliphatic hydroxyl groups is 2. The maximum absolute atomic E-state index is 11.9. The Morgan fingerprint density at radius 3 is 2.70 bits per heavy atom. The average molecular weight is 282 g/mol. The topological polar surface area (TPSA) is 94.8 Å². The molecule has 0 aromatic rings. The average Bonchev–Trinajstić information content (AvgIpc) is 2.41. The zero-order valence-electron chi connectivity index (χ0n) is 13.7. The molecule has 0 saturated heterocycles. The number of aliphatic carboxylic acids is 1. The molecule has 5 nitrogen and oxygen atoms in total. The van der Waals surface area contributed by atoms with Crippen molar-refractivity contribution in [3.05, 3.63) is 35.5 Å². The molecule has 0 saturated carbocycles. The summed E-state index contributed by atoms with van der Waals surface area (Å²) in [6.07, 6.45) is 2.01. The molecule has 5 heteroatoms. The lowest BCUT2D eigenvalue weighted by Crippen LogP contribution is -2.52. The smallest absolute Gasteiger partial charge is 0.328 e. The SMILES string of the molecule is [2H]C1([2H])C(=O)C=C(C)[C@](O)(/C=C/C(C)=C\C(=O)O)[C@@]1(C)CO. The summed E-state index contributed by atoms with van der Waals surface area (Å²) in [5.41, 5.74) is -3.21. The third kappa shape index (κ3) is 3.05. The highest BCUT2D eigenvalue weighted by atomic mass is 16.4. The quantitative estimate of drug-likeness (QED) is 0.532. The number of carboxylic acids is 1. The third-order valence-corrected chi connectivity index (χ3v) is 3.44. The molecule has 3 N–H and O–H groups in total. The second-order valence-corrected chi connectivity index (χ2v) is 5.13. The summed E-state index contributed by atoms with van der Waals surface area (Å²) in [6.45, 7) is 3.48. The van der Waals surface area contributed by atoms with Gasteiger partial charge in [-0.2, -0.15) is 0 Å². The first-order chi connectivity index (χ1) is 9.92. The summed E-state index contributed by atoms with van der Waals surface area (Å²) in [5.74, 6) is -1.97. The Labute approximate surface area is 120 Å². The number of carbonyl (C=O) groups is 2. The molecule has 1 aliphatic rings. The molecule has 0 amide bonds. The highest BCUT2D eigenvalue weighted by Crippen LogP contribution is 2.44. The van der Waals surface area contributed by atoms with Gasteiger partial charge in [0.2, 0.25) is 0 Å². The van der Waals surface area contributed by atoms with Gasteiger partial charge in [-0.25, -0.2) is 4.79 Å². The summed E-state index contributed by atoms with van der Waals surface area (Å²) in [4.78, 5) is 22.5. The standard InChI is InChI=1S/C15H20O5/c1-10(6-13(18)19)4-5-15(20)11(2)7-12(17)8-14(15,3)9-16/h4-7,16,20H,8-9H2,1-3H3,(H,18,19)/b5-4+,10-6-/t14-,15-/m1/s1/i8D2. The van der Waals surface area contributed by atoms with E-state index in [9.17, 15) is 19.8 Å². The van der Waals surface area contributed by atoms with Crippen LogP contribution in [0, 0.1) is 5.41 Å². The molecule has 1 rings (SSSR count). The Morgan fingerprint density at radius 1 is 1.60 bits per heavy atom. The van der Waals surface area contributed by atoms with Crippen molar-refractivity contribution in [1.29, 1.82) is 0 Å². The van der Waals surface area contributed by atoms with Gasteiger partial charge in [-0.3, -0.25) is 4.79 Å². The maximum atomic E-state index is 11.9. The van der Waals surface area contributed by atoms with Gasteiger partial charge >= 0.3 is 5.97 Å². The number of hydrogen-bond acceptors (Lipinski definition) is 4. The summed E-state index contributed by atoms with van der Waals surface area (Å²) in [5, 5.41) is 29.2. The molecule has 0 radical (unpaired) electrons. The van der Waals surface area contributed by atoms with E-state index in [4.69, 9.17) is 7.85 Å². The molecule has 1 aliphatic carbocycles. The summed E-state index contributed by atoms with van der Waals surface area (Å²) >= 11 is 0. The van der Waals surface area contributed by atoms with Gasteiger partial charge in [0.15, 0.2) is 5.78 Å². The van der Waals surface area contributed by atoms with Crippen molar-refractivity contribution in [2.24, 2.45) is 5.41 Å². The molecule has 110 valence electrons. The van der Waals surface area contributed by atoms with Crippen LogP contribution >= 0.6 is 0 Å². The van der Waals surface area contributed by atoms with Gasteiger partial charge in [0.1, 0.15) is 5.60 Å². The fraction of sp³-hybridized carbons (Fsp3) is 0.467. The van der Waals surface area contributed by atoms with E-state index in [1.165, 1.54) is 32.9 Å². The minimum atomic E-state index is -2.47. The van der Waals surface area contributed by atoms with Gasteiger partial charge in [0.05, 0.1) is 6.61 Å². The number of rotatable bonds is 4. The van der Waals surface area contributed by atoms with E-state index in [1.54, 1.807) is 0 Å². The molecular formula is C15H20O5. The van der Waals surface area contributed by atoms with Crippen molar-refractivity contribution in [3.8, 4) is 0 Å². The van der Waals surface area contributed by atoms with Crippen LogP contribution in [0.25, 0.3) is 0 Å². The van der Waals surface area contributed by atoms with Crippen molar-refractivity contribution in [2.45, 2.75) is 32.7 Å². The van der Waals surface area contributed by atoms with Crippen LogP contribution in [0.15, 0.2) is 35.5 Å². The number of allylic oxidation sites excluding steroid dienone is 3. The molecule has 0 spiro atoms. The minimum Gasteiger partial charge on any atom is -0.478 e. The van der Waals surface area contributed by atoms with E-state index >= 15 is 0 Å². The van der Waals surface area contributed by atoms with E-state index in [1.807, 2.05) is 0 Å². The molecule has 0 heterocycles. The molecular weight excluding hydrogens is 260 g/mol. The van der Waals surface area contributed by atoms with E-state index in [0.29, 0.717) is 5.57 Å². The van der Waals surface area contributed by atoms with E-state index in [-0.39, 0.29) is 5.57 Å². The summed E-state index contributed by atoms with van der Waals surface area (Å²) in [6, 6.07) is 0. The molecule has 2 atom stereocenters. The predicted molar refractivity (Wildman–Crippen MR) is 74.1 cm³/mol. The van der Waals surface area contributed by atoms with Gasteiger partial charge in [0.25, 0.3) is 0 Å². The second kappa shape index (κ2) is 5.73. The Bertz CT molecular complexity index is 591. The molecule has 0 aliphatic heterocycles. The second-order valence-electron chi connectivity index (χ2n) is 5.13. The number of carboxylic acid groups (broad SMARTS) is 1. The largest absolute Gasteiger partial charge is 0.478 e. The number of carbonyl (C=O) groups excluding carboxylic acids is 1. The van der Waals surface area contributed by atoms with E-state index in [2.05, 4.69) is 0 Å². The zero-order valence-corrected chi connectivity index (χ0v) is 11.7. The fourth-order valence-corrected chi connectivity index (χ4v) is 2.12. The maximum Gasteiger partial charge on any atom is 0.328 e. The lowest BCUT2D eigenvalue weighted by Gasteiger charge is -2.45. The van der Waals surface area contributed by atoms with Crippen LogP contribution in [-0.4, -0.2) is 39.3 Å². The van der Waals surface area contributed by atoms with Crippen LogP contribution in [0.2, 0.25) is 0 Å². The summed E-state index contributed by atoms with van der Waals surface area (Å²) in [7, 11) is 0. The highest BCUT2D eigenvalue weighted by Gasteiger charge is 2.49. The van der Waals surface area contributed by atoms with Crippen molar-refractivity contribution >= 4 is 11.8 Å². The van der Waals surface area contributed by atoms with Crippen LogP contribution in [0.5, 0.6) is 0 Å². The first-order valence-electron chi connectivity index (χ1n) is 7.09. The first kappa shape index (κ1) is 13.3. The number of ketones is 1. The third-order valence-electron chi connectivity index (χ3n) is 3.44. The Hall–Kier alpha value is -1.72. The predicted octanol–water partition coefficient (Wildman–Crippen LogP) is 1.22. The van der Waals surface area contributed by atoms with Crippen molar-refractivity contribution in [1.82, 2.24) is 0 Å². The lowest BCUT2D eigenvalue weighted by atomic mass is 9.64. The van der Waals surface area contributed by atoms with Crippen LogP contribution in [-0.2, 0) is 9.59 Å². The van der Waals surface area contributed by atoms with E-state index < -0.39 is 35.7 Å². The van der Waals surface area contributed by atoms with E-state index in [0.717, 1.165) is 12.2 Å². The highest BCUT2D eigenvalue weighted by molar-refractivity contribution is 5.93. The normalized spacial score (nSPS) is 35.5. The van der Waals surface area contributed by atoms with Gasteiger partial charge in [-0.05, 0) is 37.1 Å². The molecule has 0 bridgehead atoms. The van der Waals surface area contributed by atoms with Gasteiger partial charge < -0.3 is 15.3 Å². The molecule has 0 aromatic heterocycles. The van der Waals surface area contributed by atoms with Gasteiger partial charge in [-0.15, -0.1) is 0 Å². The number of hydrogen-bond donors (Lipinski definition) is 3. The van der Waals surface area contributed by atoms with Crippen molar-refractivity contribution < 1.29 is 27.7 Å². The van der Waals surface area contributed by atoms with Crippen molar-refractivity contribution in [3.63, 3.8) is 0 Å². The van der Waals surface area contributed by atoms with Gasteiger partial charge in [0, 0.05) is 20.6 Å². The molecule has 20 heavy (non-hydrogen) atoms. The molecule has 0 aromatic carbocycles. The Balaban J connectivity index is 3.46. The monoisotopic (exact) mass is 282 g/mol. The first-order valence-corrected chi connectivity index (χ1v) is 6.09. The van der Waals surface area contributed by atoms with Crippen LogP contribution in [0.1, 0.15) is 29.9 Å². The molecule has 0 fully saturated rings. The lowest BCUT2D eigenvalue weighted by molar-refractivity contribution is -0.131. The Morgan fingerprint density at radius 2 is 2.20 bits per heavy atom. The molecule has 0 unspecified atom stereocenters. The van der Waals surface area contributed by atoms with Crippen LogP contribution in [0.4, 0.5) is 0 Å². The Kier molecular flexibility index (Phi) is 3.80.